The topological polar surface area (TPSA) is 110 Å². The Morgan fingerprint density at radius 2 is 1.59 bits per heavy atom. The molecule has 41 heavy (non-hydrogen) atoms. The van der Waals surface area contributed by atoms with Gasteiger partial charge in [-0.15, -0.1) is 0 Å². The summed E-state index contributed by atoms with van der Waals surface area (Å²) in [5, 5.41) is 0. The van der Waals surface area contributed by atoms with Crippen molar-refractivity contribution >= 4 is 23.4 Å². The second kappa shape index (κ2) is 12.6. The minimum absolute atomic E-state index is 0.0239. The van der Waals surface area contributed by atoms with Gasteiger partial charge in [-0.3, -0.25) is 14.6 Å². The molecule has 218 valence electrons. The van der Waals surface area contributed by atoms with Gasteiger partial charge in [-0.25, -0.2) is 4.79 Å². The Hall–Kier alpha value is -4.14. The van der Waals surface area contributed by atoms with E-state index >= 15 is 0 Å². The van der Waals surface area contributed by atoms with Crippen LogP contribution in [0.5, 0.6) is 23.0 Å². The zero-order chi connectivity index (χ0) is 29.8. The van der Waals surface area contributed by atoms with Crippen LogP contribution in [0.1, 0.15) is 70.4 Å². The van der Waals surface area contributed by atoms with E-state index in [9.17, 15) is 14.4 Å². The Balaban J connectivity index is 1.80. The second-order valence-corrected chi connectivity index (χ2v) is 10.4. The smallest absolute Gasteiger partial charge is 0.336 e. The molecule has 0 bridgehead atoms. The van der Waals surface area contributed by atoms with E-state index in [0.29, 0.717) is 52.8 Å². The molecule has 9 heteroatoms. The number of aliphatic imine (C=N–C) groups is 1. The van der Waals surface area contributed by atoms with Crippen LogP contribution in [-0.4, -0.2) is 50.4 Å². The van der Waals surface area contributed by atoms with Crippen LogP contribution >= 0.6 is 0 Å². The SMILES string of the molecule is CCOc1cc([C@@H]2C(C(=O)OC(C)C)=C(C)N=C3C[C@@H](c4ccc(OC)c(OC)c4)CC(=O)C32)ccc1OC(C)=O. The average molecular weight is 564 g/mol. The first-order valence-electron chi connectivity index (χ1n) is 13.8. The van der Waals surface area contributed by atoms with Crippen LogP contribution in [0, 0.1) is 5.92 Å². The van der Waals surface area contributed by atoms with E-state index in [4.69, 9.17) is 28.7 Å². The quantitative estimate of drug-likeness (QED) is 0.288. The highest BCUT2D eigenvalue weighted by Crippen LogP contribution is 2.48. The highest BCUT2D eigenvalue weighted by Gasteiger charge is 2.46. The van der Waals surface area contributed by atoms with Gasteiger partial charge in [0.1, 0.15) is 5.78 Å². The van der Waals surface area contributed by atoms with Crippen molar-refractivity contribution in [2.75, 3.05) is 20.8 Å². The summed E-state index contributed by atoms with van der Waals surface area (Å²) in [6, 6.07) is 10.8. The van der Waals surface area contributed by atoms with Crippen LogP contribution in [0.2, 0.25) is 0 Å². The summed E-state index contributed by atoms with van der Waals surface area (Å²) in [6.45, 7) is 8.80. The van der Waals surface area contributed by atoms with Gasteiger partial charge < -0.3 is 23.7 Å². The van der Waals surface area contributed by atoms with Gasteiger partial charge in [0.2, 0.25) is 0 Å². The van der Waals surface area contributed by atoms with Crippen molar-refractivity contribution in [3.8, 4) is 23.0 Å². The van der Waals surface area contributed by atoms with E-state index in [2.05, 4.69) is 0 Å². The third-order valence-electron chi connectivity index (χ3n) is 7.28. The van der Waals surface area contributed by atoms with Crippen molar-refractivity contribution in [3.63, 3.8) is 0 Å². The highest BCUT2D eigenvalue weighted by molar-refractivity contribution is 6.12. The fraction of sp³-hybridized carbons (Fsp3) is 0.438. The predicted octanol–water partition coefficient (Wildman–Crippen LogP) is 5.55. The molecule has 0 radical (unpaired) electrons. The summed E-state index contributed by atoms with van der Waals surface area (Å²) in [4.78, 5) is 43.9. The van der Waals surface area contributed by atoms with Gasteiger partial charge in [-0.05, 0) is 75.4 Å². The predicted molar refractivity (Wildman–Crippen MR) is 153 cm³/mol. The molecule has 4 rings (SSSR count). The minimum Gasteiger partial charge on any atom is -0.493 e. The molecule has 0 saturated heterocycles. The molecule has 9 nitrogen and oxygen atoms in total. The van der Waals surface area contributed by atoms with Crippen LogP contribution < -0.4 is 18.9 Å². The van der Waals surface area contributed by atoms with Gasteiger partial charge in [0.05, 0.1) is 38.4 Å². The van der Waals surface area contributed by atoms with Crippen molar-refractivity contribution < 1.29 is 38.1 Å². The normalized spacial score (nSPS) is 20.2. The van der Waals surface area contributed by atoms with Crippen LogP contribution in [-0.2, 0) is 19.1 Å². The molecular formula is C32H37NO8. The summed E-state index contributed by atoms with van der Waals surface area (Å²) in [7, 11) is 3.16. The first-order valence-corrected chi connectivity index (χ1v) is 13.8. The second-order valence-electron chi connectivity index (χ2n) is 10.4. The van der Waals surface area contributed by atoms with Gasteiger partial charge in [-0.2, -0.15) is 0 Å². The number of hydrogen-bond donors (Lipinski definition) is 0. The first-order chi connectivity index (χ1) is 19.6. The molecule has 2 aliphatic rings. The molecule has 1 fully saturated rings. The molecular weight excluding hydrogens is 526 g/mol. The third-order valence-corrected chi connectivity index (χ3v) is 7.28. The Labute approximate surface area is 240 Å². The number of rotatable bonds is 9. The Bertz CT molecular complexity index is 1410. The third kappa shape index (κ3) is 6.29. The Morgan fingerprint density at radius 3 is 2.22 bits per heavy atom. The molecule has 0 spiro atoms. The van der Waals surface area contributed by atoms with E-state index in [1.807, 2.05) is 25.1 Å². The summed E-state index contributed by atoms with van der Waals surface area (Å²) >= 11 is 0. The van der Waals surface area contributed by atoms with E-state index < -0.39 is 23.8 Å². The molecule has 0 aromatic heterocycles. The lowest BCUT2D eigenvalue weighted by molar-refractivity contribution is -0.143. The summed E-state index contributed by atoms with van der Waals surface area (Å²) in [6.07, 6.45) is 0.455. The molecule has 0 amide bonds. The molecule has 1 aliphatic heterocycles. The largest absolute Gasteiger partial charge is 0.493 e. The fourth-order valence-electron chi connectivity index (χ4n) is 5.65. The monoisotopic (exact) mass is 563 g/mol. The maximum atomic E-state index is 14.0. The molecule has 1 saturated carbocycles. The Kier molecular flexibility index (Phi) is 9.15. The zero-order valence-corrected chi connectivity index (χ0v) is 24.6. The first kappa shape index (κ1) is 29.8. The number of carbonyl (C=O) groups is 3. The number of allylic oxidation sites excluding steroid dienone is 1. The molecule has 1 heterocycles. The summed E-state index contributed by atoms with van der Waals surface area (Å²) in [5.41, 5.74) is 3.19. The number of esters is 2. The van der Waals surface area contributed by atoms with Crippen molar-refractivity contribution in [2.45, 2.75) is 65.4 Å². The summed E-state index contributed by atoms with van der Waals surface area (Å²) in [5.74, 6) is -0.599. The van der Waals surface area contributed by atoms with Crippen molar-refractivity contribution in [2.24, 2.45) is 10.9 Å². The lowest BCUT2D eigenvalue weighted by Gasteiger charge is -2.38. The number of ether oxygens (including phenoxy) is 5. The maximum Gasteiger partial charge on any atom is 0.336 e. The van der Waals surface area contributed by atoms with E-state index in [1.165, 1.54) is 6.92 Å². The van der Waals surface area contributed by atoms with Crippen LogP contribution in [0.4, 0.5) is 0 Å². The van der Waals surface area contributed by atoms with E-state index in [0.717, 1.165) is 5.56 Å². The molecule has 1 aliphatic carbocycles. The molecule has 3 atom stereocenters. The number of fused-ring (bicyclic) bond motifs is 1. The molecule has 0 N–H and O–H groups in total. The van der Waals surface area contributed by atoms with Crippen LogP contribution in [0.15, 0.2) is 52.7 Å². The Morgan fingerprint density at radius 1 is 0.927 bits per heavy atom. The van der Waals surface area contributed by atoms with Crippen molar-refractivity contribution in [1.82, 2.24) is 0 Å². The number of carbonyl (C=O) groups excluding carboxylic acids is 3. The minimum atomic E-state index is -0.654. The van der Waals surface area contributed by atoms with Crippen molar-refractivity contribution in [3.05, 3.63) is 58.8 Å². The lowest BCUT2D eigenvalue weighted by atomic mass is 9.66. The maximum absolute atomic E-state index is 14.0. The molecule has 1 unspecified atom stereocenters. The van der Waals surface area contributed by atoms with Gasteiger partial charge in [-0.1, -0.05) is 12.1 Å². The highest BCUT2D eigenvalue weighted by atomic mass is 16.6. The number of benzene rings is 2. The number of Topliss-reactive ketones (excluding diaryl/α,β-unsaturated/α-hetero) is 1. The zero-order valence-electron chi connectivity index (χ0n) is 24.6. The van der Waals surface area contributed by atoms with Gasteiger partial charge in [0.15, 0.2) is 23.0 Å². The fourth-order valence-corrected chi connectivity index (χ4v) is 5.65. The standard InChI is InChI=1S/C32H37NO8/c1-8-39-28-16-21(10-12-26(28)41-19(5)34)30-29(32(36)40-17(2)3)18(4)33-23-13-22(14-24(35)31(23)30)20-9-11-25(37-6)27(15-20)38-7/h9-12,15-17,22,30-31H,8,13-14H2,1-7H3/t22-,30-,31?/m1/s1. The number of hydrogen-bond acceptors (Lipinski definition) is 9. The van der Waals surface area contributed by atoms with E-state index in [1.54, 1.807) is 53.2 Å². The average Bonchev–Trinajstić information content (AvgIpc) is 2.92. The number of ketones is 1. The van der Waals surface area contributed by atoms with Crippen molar-refractivity contribution in [1.29, 1.82) is 0 Å². The van der Waals surface area contributed by atoms with Gasteiger partial charge in [0, 0.05) is 30.7 Å². The van der Waals surface area contributed by atoms with Gasteiger partial charge in [0.25, 0.3) is 0 Å². The molecule has 2 aromatic rings. The van der Waals surface area contributed by atoms with Crippen LogP contribution in [0.25, 0.3) is 0 Å². The van der Waals surface area contributed by atoms with Gasteiger partial charge >= 0.3 is 11.9 Å². The molecule has 2 aromatic carbocycles. The van der Waals surface area contributed by atoms with E-state index in [-0.39, 0.29) is 30.0 Å². The number of methoxy groups -OCH3 is 2. The number of nitrogens with zero attached hydrogens (tertiary/aromatic N) is 1. The van der Waals surface area contributed by atoms with Crippen LogP contribution in [0.3, 0.4) is 0 Å². The summed E-state index contributed by atoms with van der Waals surface area (Å²) < 4.78 is 27.6. The lowest BCUT2D eigenvalue weighted by Crippen LogP contribution is -2.41.